The van der Waals surface area contributed by atoms with Crippen LogP contribution in [0.5, 0.6) is 0 Å². The summed E-state index contributed by atoms with van der Waals surface area (Å²) in [5.41, 5.74) is 0.469. The van der Waals surface area contributed by atoms with Gasteiger partial charge < -0.3 is 10.2 Å². The Morgan fingerprint density at radius 3 is 2.65 bits per heavy atom. The van der Waals surface area contributed by atoms with Gasteiger partial charge in [-0.15, -0.1) is 0 Å². The van der Waals surface area contributed by atoms with Crippen molar-refractivity contribution in [2.75, 3.05) is 18.0 Å². The lowest BCUT2D eigenvalue weighted by Crippen LogP contribution is -2.41. The Hall–Kier alpha value is -1.72. The molecule has 1 amide bonds. The first-order chi connectivity index (χ1) is 11.2. The number of carbonyl (C=O) groups is 1. The molecule has 1 aliphatic carbocycles. The maximum Gasteiger partial charge on any atom is 0.220 e. The van der Waals surface area contributed by atoms with Gasteiger partial charge in [0.1, 0.15) is 6.33 Å². The normalized spacial score (nSPS) is 19.5. The van der Waals surface area contributed by atoms with Gasteiger partial charge in [0.25, 0.3) is 0 Å². The summed E-state index contributed by atoms with van der Waals surface area (Å²) in [6.07, 6.45) is 7.89. The van der Waals surface area contributed by atoms with E-state index in [1.54, 1.807) is 0 Å². The van der Waals surface area contributed by atoms with Crippen molar-refractivity contribution in [1.29, 1.82) is 0 Å². The number of amides is 1. The van der Waals surface area contributed by atoms with Crippen LogP contribution in [0.15, 0.2) is 6.33 Å². The minimum atomic E-state index is -0.295. The van der Waals surface area contributed by atoms with Gasteiger partial charge >= 0.3 is 0 Å². The number of hydrogen-bond donors (Lipinski definition) is 1. The van der Waals surface area contributed by atoms with Crippen LogP contribution >= 0.6 is 0 Å². The zero-order chi connectivity index (χ0) is 16.2. The zero-order valence-corrected chi connectivity index (χ0v) is 13.7. The van der Waals surface area contributed by atoms with E-state index in [0.29, 0.717) is 36.3 Å². The Bertz CT molecular complexity index is 554. The number of nitrogens with one attached hydrogen (secondary N) is 1. The second-order valence-electron chi connectivity index (χ2n) is 6.64. The summed E-state index contributed by atoms with van der Waals surface area (Å²) in [6, 6.07) is 0.408. The summed E-state index contributed by atoms with van der Waals surface area (Å²) in [5, 5.41) is 3.10. The highest BCUT2D eigenvalue weighted by Crippen LogP contribution is 2.27. The number of piperidine rings is 1. The lowest BCUT2D eigenvalue weighted by molar-refractivity contribution is -0.123. The number of anilines is 1. The van der Waals surface area contributed by atoms with Crippen LogP contribution in [0.1, 0.15) is 51.1 Å². The van der Waals surface area contributed by atoms with Crippen molar-refractivity contribution >= 4 is 11.7 Å². The Morgan fingerprint density at radius 2 is 2.04 bits per heavy atom. The molecule has 1 aliphatic heterocycles. The maximum absolute atomic E-state index is 14.3. The van der Waals surface area contributed by atoms with Crippen LogP contribution in [0, 0.1) is 11.7 Å². The molecule has 5 nitrogen and oxygen atoms in total. The summed E-state index contributed by atoms with van der Waals surface area (Å²) < 4.78 is 14.3. The van der Waals surface area contributed by atoms with Crippen molar-refractivity contribution in [3.8, 4) is 0 Å². The van der Waals surface area contributed by atoms with Gasteiger partial charge in [0, 0.05) is 25.6 Å². The minimum Gasteiger partial charge on any atom is -0.354 e. The molecule has 0 aromatic carbocycles. The molecule has 0 spiro atoms. The standard InChI is InChI=1S/C17H25FN4O/c1-2-14-16(18)17(20-11-19-14)22-8-6-12(7-9-22)10-15(23)21-13-4-3-5-13/h11-13H,2-10H2,1H3,(H,21,23). The Balaban J connectivity index is 1.51. The average molecular weight is 320 g/mol. The van der Waals surface area contributed by atoms with Gasteiger partial charge in [0.15, 0.2) is 11.6 Å². The molecule has 1 aromatic rings. The number of aryl methyl sites for hydroxylation is 1. The molecular formula is C17H25FN4O. The van der Waals surface area contributed by atoms with E-state index in [1.165, 1.54) is 12.7 Å². The molecule has 1 saturated carbocycles. The Kier molecular flexibility index (Phi) is 5.08. The van der Waals surface area contributed by atoms with Gasteiger partial charge in [-0.3, -0.25) is 4.79 Å². The van der Waals surface area contributed by atoms with Crippen LogP contribution < -0.4 is 10.2 Å². The van der Waals surface area contributed by atoms with Gasteiger partial charge in [-0.05, 0) is 44.4 Å². The smallest absolute Gasteiger partial charge is 0.220 e. The molecule has 2 fully saturated rings. The fourth-order valence-corrected chi connectivity index (χ4v) is 3.31. The monoisotopic (exact) mass is 320 g/mol. The van der Waals surface area contributed by atoms with Gasteiger partial charge in [-0.25, -0.2) is 14.4 Å². The van der Waals surface area contributed by atoms with Crippen LogP contribution in [0.25, 0.3) is 0 Å². The van der Waals surface area contributed by atoms with E-state index in [1.807, 2.05) is 11.8 Å². The van der Waals surface area contributed by atoms with Crippen LogP contribution in [-0.2, 0) is 11.2 Å². The number of rotatable bonds is 5. The van der Waals surface area contributed by atoms with Crippen LogP contribution in [-0.4, -0.2) is 35.0 Å². The second kappa shape index (κ2) is 7.23. The molecular weight excluding hydrogens is 295 g/mol. The molecule has 6 heteroatoms. The predicted molar refractivity (Wildman–Crippen MR) is 86.7 cm³/mol. The molecule has 23 heavy (non-hydrogen) atoms. The third kappa shape index (κ3) is 3.79. The first-order valence-corrected chi connectivity index (χ1v) is 8.71. The molecule has 1 N–H and O–H groups in total. The number of hydrogen-bond acceptors (Lipinski definition) is 4. The van der Waals surface area contributed by atoms with Crippen molar-refractivity contribution in [2.24, 2.45) is 5.92 Å². The molecule has 1 aromatic heterocycles. The van der Waals surface area contributed by atoms with E-state index in [0.717, 1.165) is 38.8 Å². The van der Waals surface area contributed by atoms with E-state index < -0.39 is 0 Å². The molecule has 126 valence electrons. The lowest BCUT2D eigenvalue weighted by Gasteiger charge is -2.33. The average Bonchev–Trinajstić information content (AvgIpc) is 2.52. The quantitative estimate of drug-likeness (QED) is 0.905. The summed E-state index contributed by atoms with van der Waals surface area (Å²) in [5.74, 6) is 0.682. The Labute approximate surface area is 136 Å². The summed E-state index contributed by atoms with van der Waals surface area (Å²) in [4.78, 5) is 22.1. The van der Waals surface area contributed by atoms with Gasteiger partial charge in [0.2, 0.25) is 5.91 Å². The fourth-order valence-electron chi connectivity index (χ4n) is 3.31. The lowest BCUT2D eigenvalue weighted by atomic mass is 9.90. The Morgan fingerprint density at radius 1 is 1.30 bits per heavy atom. The van der Waals surface area contributed by atoms with Crippen LogP contribution in [0.4, 0.5) is 10.2 Å². The van der Waals surface area contributed by atoms with Crippen molar-refractivity contribution in [1.82, 2.24) is 15.3 Å². The number of aromatic nitrogens is 2. The van der Waals surface area contributed by atoms with E-state index in [4.69, 9.17) is 0 Å². The van der Waals surface area contributed by atoms with Crippen LogP contribution in [0.3, 0.4) is 0 Å². The molecule has 2 heterocycles. The number of carbonyl (C=O) groups excluding carboxylic acids is 1. The molecule has 0 bridgehead atoms. The molecule has 1 saturated heterocycles. The van der Waals surface area contributed by atoms with Crippen molar-refractivity contribution in [3.05, 3.63) is 17.8 Å². The number of halogens is 1. The van der Waals surface area contributed by atoms with E-state index in [9.17, 15) is 9.18 Å². The first kappa shape index (κ1) is 16.1. The molecule has 0 radical (unpaired) electrons. The first-order valence-electron chi connectivity index (χ1n) is 8.71. The third-order valence-corrected chi connectivity index (χ3v) is 5.04. The number of nitrogens with zero attached hydrogens (tertiary/aromatic N) is 3. The van der Waals surface area contributed by atoms with E-state index >= 15 is 0 Å². The van der Waals surface area contributed by atoms with Crippen molar-refractivity contribution in [2.45, 2.75) is 57.9 Å². The van der Waals surface area contributed by atoms with Crippen molar-refractivity contribution < 1.29 is 9.18 Å². The third-order valence-electron chi connectivity index (χ3n) is 5.04. The topological polar surface area (TPSA) is 58.1 Å². The highest BCUT2D eigenvalue weighted by Gasteiger charge is 2.26. The zero-order valence-electron chi connectivity index (χ0n) is 13.7. The van der Waals surface area contributed by atoms with Crippen LogP contribution in [0.2, 0.25) is 0 Å². The molecule has 2 aliphatic rings. The largest absolute Gasteiger partial charge is 0.354 e. The summed E-state index contributed by atoms with van der Waals surface area (Å²) in [7, 11) is 0. The van der Waals surface area contributed by atoms with E-state index in [-0.39, 0.29) is 11.7 Å². The molecule has 0 unspecified atom stereocenters. The molecule has 3 rings (SSSR count). The SMILES string of the molecule is CCc1ncnc(N2CCC(CC(=O)NC3CCC3)CC2)c1F. The maximum atomic E-state index is 14.3. The van der Waals surface area contributed by atoms with Gasteiger partial charge in [-0.2, -0.15) is 0 Å². The fraction of sp³-hybridized carbons (Fsp3) is 0.706. The summed E-state index contributed by atoms with van der Waals surface area (Å²) >= 11 is 0. The molecule has 0 atom stereocenters. The van der Waals surface area contributed by atoms with Crippen molar-refractivity contribution in [3.63, 3.8) is 0 Å². The second-order valence-corrected chi connectivity index (χ2v) is 6.64. The predicted octanol–water partition coefficient (Wildman–Crippen LogP) is 2.45. The van der Waals surface area contributed by atoms with Gasteiger partial charge in [0.05, 0.1) is 5.69 Å². The van der Waals surface area contributed by atoms with E-state index in [2.05, 4.69) is 15.3 Å². The van der Waals surface area contributed by atoms with Gasteiger partial charge in [-0.1, -0.05) is 6.92 Å². The summed E-state index contributed by atoms with van der Waals surface area (Å²) in [6.45, 7) is 3.39. The highest BCUT2D eigenvalue weighted by molar-refractivity contribution is 5.76. The minimum absolute atomic E-state index is 0.176. The highest BCUT2D eigenvalue weighted by atomic mass is 19.1.